The van der Waals surface area contributed by atoms with E-state index >= 15 is 0 Å². The summed E-state index contributed by atoms with van der Waals surface area (Å²) in [7, 11) is 3.78. The molecule has 25 heavy (non-hydrogen) atoms. The lowest BCUT2D eigenvalue weighted by Crippen LogP contribution is -2.42. The Morgan fingerprint density at radius 2 is 1.92 bits per heavy atom. The molecule has 0 aliphatic heterocycles. The molecule has 0 spiro atoms. The van der Waals surface area contributed by atoms with E-state index in [0.29, 0.717) is 0 Å². The Balaban J connectivity index is 0.00000312. The first kappa shape index (κ1) is 22.0. The first-order valence-electron chi connectivity index (χ1n) is 8.11. The zero-order chi connectivity index (χ0) is 17.7. The number of halogens is 2. The SMILES string of the molecule is CN=C(NCc1ccc(Br)cc1)NC(C)Cc1c(C)nn(C)c1C.I. The second kappa shape index (κ2) is 10.2. The number of aryl methyl sites for hydroxylation is 2. The molecule has 7 heteroatoms. The van der Waals surface area contributed by atoms with Crippen molar-refractivity contribution in [1.29, 1.82) is 0 Å². The van der Waals surface area contributed by atoms with E-state index < -0.39 is 0 Å². The van der Waals surface area contributed by atoms with Crippen molar-refractivity contribution in [3.8, 4) is 0 Å². The number of nitrogens with one attached hydrogen (secondary N) is 2. The summed E-state index contributed by atoms with van der Waals surface area (Å²) >= 11 is 3.45. The average Bonchev–Trinajstić information content (AvgIpc) is 2.79. The monoisotopic (exact) mass is 519 g/mol. The van der Waals surface area contributed by atoms with Crippen LogP contribution in [0.5, 0.6) is 0 Å². The maximum absolute atomic E-state index is 4.49. The number of aliphatic imine (C=N–C) groups is 1. The molecule has 0 fully saturated rings. The molecule has 2 N–H and O–H groups in total. The van der Waals surface area contributed by atoms with Gasteiger partial charge in [-0.3, -0.25) is 9.67 Å². The molecule has 2 aromatic rings. The molecule has 0 radical (unpaired) electrons. The van der Waals surface area contributed by atoms with Gasteiger partial charge in [0.15, 0.2) is 5.96 Å². The Morgan fingerprint density at radius 3 is 2.44 bits per heavy atom. The van der Waals surface area contributed by atoms with E-state index in [9.17, 15) is 0 Å². The number of hydrogen-bond donors (Lipinski definition) is 2. The Hall–Kier alpha value is -1.09. The highest BCUT2D eigenvalue weighted by Crippen LogP contribution is 2.14. The summed E-state index contributed by atoms with van der Waals surface area (Å²) in [6.45, 7) is 7.08. The second-order valence-corrected chi connectivity index (χ2v) is 6.99. The Morgan fingerprint density at radius 1 is 1.28 bits per heavy atom. The standard InChI is InChI=1S/C18H26BrN5.HI/c1-12(10-17-13(2)23-24(5)14(17)3)22-18(20-4)21-11-15-6-8-16(19)9-7-15;/h6-9,12H,10-11H2,1-5H3,(H2,20,21,22);1H. The van der Waals surface area contributed by atoms with Gasteiger partial charge in [-0.1, -0.05) is 28.1 Å². The van der Waals surface area contributed by atoms with Crippen molar-refractivity contribution in [3.63, 3.8) is 0 Å². The fourth-order valence-corrected chi connectivity index (χ4v) is 2.95. The van der Waals surface area contributed by atoms with Gasteiger partial charge in [-0.05, 0) is 50.5 Å². The van der Waals surface area contributed by atoms with Crippen LogP contribution >= 0.6 is 39.9 Å². The van der Waals surface area contributed by atoms with Crippen molar-refractivity contribution in [2.24, 2.45) is 12.0 Å². The minimum atomic E-state index is 0. The van der Waals surface area contributed by atoms with Crippen LogP contribution in [-0.2, 0) is 20.0 Å². The van der Waals surface area contributed by atoms with Gasteiger partial charge >= 0.3 is 0 Å². The average molecular weight is 520 g/mol. The minimum absolute atomic E-state index is 0. The highest BCUT2D eigenvalue weighted by molar-refractivity contribution is 14.0. The van der Waals surface area contributed by atoms with Crippen LogP contribution in [0.2, 0.25) is 0 Å². The number of aromatic nitrogens is 2. The van der Waals surface area contributed by atoms with Crippen molar-refractivity contribution in [2.75, 3.05) is 7.05 Å². The highest BCUT2D eigenvalue weighted by atomic mass is 127. The second-order valence-electron chi connectivity index (χ2n) is 6.07. The normalized spacial score (nSPS) is 12.5. The van der Waals surface area contributed by atoms with Crippen LogP contribution < -0.4 is 10.6 Å². The number of nitrogens with zero attached hydrogens (tertiary/aromatic N) is 3. The summed E-state index contributed by atoms with van der Waals surface area (Å²) in [5.41, 5.74) is 4.84. The van der Waals surface area contributed by atoms with Gasteiger partial charge in [0.25, 0.3) is 0 Å². The molecular weight excluding hydrogens is 493 g/mol. The summed E-state index contributed by atoms with van der Waals surface area (Å²) in [5, 5.41) is 11.3. The summed E-state index contributed by atoms with van der Waals surface area (Å²) in [6, 6.07) is 8.54. The van der Waals surface area contributed by atoms with E-state index in [1.165, 1.54) is 16.8 Å². The highest BCUT2D eigenvalue weighted by Gasteiger charge is 2.13. The summed E-state index contributed by atoms with van der Waals surface area (Å²) in [6.07, 6.45) is 0.921. The molecule has 1 unspecified atom stereocenters. The molecule has 1 aromatic heterocycles. The molecule has 5 nitrogen and oxygen atoms in total. The minimum Gasteiger partial charge on any atom is -0.354 e. The van der Waals surface area contributed by atoms with Crippen LogP contribution in [0.3, 0.4) is 0 Å². The van der Waals surface area contributed by atoms with E-state index in [1.54, 1.807) is 7.05 Å². The third-order valence-corrected chi connectivity index (χ3v) is 4.68. The van der Waals surface area contributed by atoms with Gasteiger partial charge < -0.3 is 10.6 Å². The summed E-state index contributed by atoms with van der Waals surface area (Å²) < 4.78 is 3.03. The van der Waals surface area contributed by atoms with Crippen LogP contribution in [-0.4, -0.2) is 28.8 Å². The van der Waals surface area contributed by atoms with Gasteiger partial charge in [0.05, 0.1) is 5.69 Å². The third kappa shape index (κ3) is 6.29. The maximum Gasteiger partial charge on any atom is 0.191 e. The predicted octanol–water partition coefficient (Wildman–Crippen LogP) is 3.71. The Labute approximate surface area is 175 Å². The molecule has 138 valence electrons. The Bertz CT molecular complexity index is 709. The largest absolute Gasteiger partial charge is 0.354 e. The van der Waals surface area contributed by atoms with Crippen LogP contribution in [0, 0.1) is 13.8 Å². The molecule has 0 saturated heterocycles. The van der Waals surface area contributed by atoms with Crippen molar-refractivity contribution in [1.82, 2.24) is 20.4 Å². The molecule has 0 saturated carbocycles. The lowest BCUT2D eigenvalue weighted by molar-refractivity contribution is 0.635. The third-order valence-electron chi connectivity index (χ3n) is 4.15. The van der Waals surface area contributed by atoms with Crippen molar-refractivity contribution in [2.45, 2.75) is 39.8 Å². The first-order chi connectivity index (χ1) is 11.4. The van der Waals surface area contributed by atoms with Crippen LogP contribution in [0.25, 0.3) is 0 Å². The van der Waals surface area contributed by atoms with Crippen LogP contribution in [0.1, 0.15) is 29.4 Å². The number of hydrogen-bond acceptors (Lipinski definition) is 2. The topological polar surface area (TPSA) is 54.2 Å². The molecule has 0 amide bonds. The predicted molar refractivity (Wildman–Crippen MR) is 119 cm³/mol. The molecule has 0 aliphatic rings. The van der Waals surface area contributed by atoms with Crippen LogP contribution in [0.4, 0.5) is 0 Å². The van der Waals surface area contributed by atoms with Gasteiger partial charge in [0.2, 0.25) is 0 Å². The van der Waals surface area contributed by atoms with E-state index in [2.05, 4.69) is 69.6 Å². The lowest BCUT2D eigenvalue weighted by Gasteiger charge is -2.18. The van der Waals surface area contributed by atoms with E-state index in [4.69, 9.17) is 0 Å². The molecule has 0 aliphatic carbocycles. The number of guanidine groups is 1. The fraction of sp³-hybridized carbons (Fsp3) is 0.444. The van der Waals surface area contributed by atoms with Gasteiger partial charge in [0.1, 0.15) is 0 Å². The fourth-order valence-electron chi connectivity index (χ4n) is 2.69. The number of benzene rings is 1. The van der Waals surface area contributed by atoms with E-state index in [-0.39, 0.29) is 30.0 Å². The Kier molecular flexibility index (Phi) is 8.92. The zero-order valence-corrected chi connectivity index (χ0v) is 19.3. The quantitative estimate of drug-likeness (QED) is 0.359. The molecule has 1 aromatic carbocycles. The summed E-state index contributed by atoms with van der Waals surface area (Å²) in [5.74, 6) is 0.810. The van der Waals surface area contributed by atoms with Gasteiger partial charge in [-0.25, -0.2) is 0 Å². The molecule has 0 bridgehead atoms. The van der Waals surface area contributed by atoms with Gasteiger partial charge in [0, 0.05) is 36.8 Å². The molecule has 1 heterocycles. The lowest BCUT2D eigenvalue weighted by atomic mass is 10.1. The van der Waals surface area contributed by atoms with Crippen molar-refractivity contribution >= 4 is 45.9 Å². The first-order valence-corrected chi connectivity index (χ1v) is 8.90. The number of rotatable bonds is 5. The maximum atomic E-state index is 4.49. The molecule has 1 atom stereocenters. The van der Waals surface area contributed by atoms with E-state index in [0.717, 1.165) is 29.1 Å². The smallest absolute Gasteiger partial charge is 0.191 e. The van der Waals surface area contributed by atoms with Gasteiger partial charge in [-0.2, -0.15) is 5.10 Å². The van der Waals surface area contributed by atoms with E-state index in [1.807, 2.05) is 23.9 Å². The van der Waals surface area contributed by atoms with Crippen molar-refractivity contribution < 1.29 is 0 Å². The van der Waals surface area contributed by atoms with Gasteiger partial charge in [-0.15, -0.1) is 24.0 Å². The molecule has 2 rings (SSSR count). The zero-order valence-electron chi connectivity index (χ0n) is 15.4. The van der Waals surface area contributed by atoms with Crippen LogP contribution in [0.15, 0.2) is 33.7 Å². The van der Waals surface area contributed by atoms with Crippen molar-refractivity contribution in [3.05, 3.63) is 51.3 Å². The molecular formula is C18H27BrIN5. The summed E-state index contributed by atoms with van der Waals surface area (Å²) in [4.78, 5) is 4.32.